The topological polar surface area (TPSA) is 86.8 Å². The predicted molar refractivity (Wildman–Crippen MR) is 106 cm³/mol. The molecular weight excluding hydrogens is 367 g/mol. The van der Waals surface area contributed by atoms with Crippen LogP contribution in [0.4, 0.5) is 5.69 Å². The summed E-state index contributed by atoms with van der Waals surface area (Å²) in [7, 11) is -2.66. The zero-order valence-corrected chi connectivity index (χ0v) is 17.6. The van der Waals surface area contributed by atoms with Crippen molar-refractivity contribution >= 4 is 28.3 Å². The van der Waals surface area contributed by atoms with E-state index in [4.69, 9.17) is 14.0 Å². The molecule has 7 nitrogen and oxygen atoms in total. The fraction of sp³-hybridized carbons (Fsp3) is 0.722. The highest BCUT2D eigenvalue weighted by molar-refractivity contribution is 7.93. The van der Waals surface area contributed by atoms with Crippen LogP contribution in [0.5, 0.6) is 5.88 Å². The lowest BCUT2D eigenvalue weighted by Gasteiger charge is -2.32. The van der Waals surface area contributed by atoms with Gasteiger partial charge >= 0.3 is 7.12 Å². The summed E-state index contributed by atoms with van der Waals surface area (Å²) in [6, 6.07) is 1.69. The molecule has 0 amide bonds. The monoisotopic (exact) mass is 396 g/mol. The van der Waals surface area contributed by atoms with Crippen molar-refractivity contribution < 1.29 is 22.5 Å². The van der Waals surface area contributed by atoms with E-state index in [0.29, 0.717) is 24.0 Å². The van der Waals surface area contributed by atoms with Gasteiger partial charge in [0.25, 0.3) is 0 Å². The first-order chi connectivity index (χ1) is 12.6. The summed E-state index contributed by atoms with van der Waals surface area (Å²) in [6.07, 6.45) is 5.93. The second kappa shape index (κ2) is 7.26. The van der Waals surface area contributed by atoms with Crippen molar-refractivity contribution in [2.45, 2.75) is 76.3 Å². The summed E-state index contributed by atoms with van der Waals surface area (Å²) in [4.78, 5) is 4.26. The molecule has 1 N–H and O–H groups in total. The lowest BCUT2D eigenvalue weighted by atomic mass is 9.80. The largest absolute Gasteiger partial charge is 0.496 e. The number of nitrogens with one attached hydrogen (secondary N) is 1. The highest BCUT2D eigenvalue weighted by atomic mass is 32.2. The maximum absolute atomic E-state index is 12.8. The van der Waals surface area contributed by atoms with E-state index in [2.05, 4.69) is 9.71 Å². The second-order valence-corrected chi connectivity index (χ2v) is 10.3. The van der Waals surface area contributed by atoms with Crippen LogP contribution in [0.25, 0.3) is 0 Å². The number of nitrogens with zero attached hydrogens (tertiary/aromatic N) is 1. The first kappa shape index (κ1) is 20.4. The molecule has 2 fully saturated rings. The van der Waals surface area contributed by atoms with Gasteiger partial charge in [-0.15, -0.1) is 0 Å². The van der Waals surface area contributed by atoms with E-state index in [9.17, 15) is 8.42 Å². The Labute approximate surface area is 162 Å². The average Bonchev–Trinajstić information content (AvgIpc) is 2.83. The summed E-state index contributed by atoms with van der Waals surface area (Å²) < 4.78 is 45.6. The standard InChI is InChI=1S/C18H29BN2O5S/c1-17(2)18(3,4)26-19(25-17)13-11-15(16(24-5)20-12-13)21-27(22,23)14-9-7-6-8-10-14/h11-12,14,21H,6-10H2,1-5H3. The van der Waals surface area contributed by atoms with E-state index < -0.39 is 28.3 Å². The lowest BCUT2D eigenvalue weighted by molar-refractivity contribution is 0.00578. The van der Waals surface area contributed by atoms with Crippen LogP contribution in [0.3, 0.4) is 0 Å². The molecule has 150 valence electrons. The molecule has 3 rings (SSSR count). The summed E-state index contributed by atoms with van der Waals surface area (Å²) in [5, 5.41) is -0.378. The molecule has 0 bridgehead atoms. The molecule has 0 unspecified atom stereocenters. The van der Waals surface area contributed by atoms with Gasteiger partial charge in [-0.2, -0.15) is 0 Å². The highest BCUT2D eigenvalue weighted by Gasteiger charge is 2.52. The van der Waals surface area contributed by atoms with Crippen molar-refractivity contribution in [2.24, 2.45) is 0 Å². The molecule has 1 aliphatic carbocycles. The van der Waals surface area contributed by atoms with Crippen molar-refractivity contribution in [3.05, 3.63) is 12.3 Å². The van der Waals surface area contributed by atoms with Gasteiger partial charge in [0.2, 0.25) is 15.9 Å². The maximum atomic E-state index is 12.8. The zero-order valence-electron chi connectivity index (χ0n) is 16.7. The molecule has 1 aromatic rings. The van der Waals surface area contributed by atoms with E-state index in [1.165, 1.54) is 7.11 Å². The summed E-state index contributed by atoms with van der Waals surface area (Å²) in [5.41, 5.74) is -0.00953. The number of hydrogen-bond acceptors (Lipinski definition) is 6. The van der Waals surface area contributed by atoms with Gasteiger partial charge in [-0.05, 0) is 46.6 Å². The van der Waals surface area contributed by atoms with Gasteiger partial charge in [0.05, 0.1) is 23.6 Å². The van der Waals surface area contributed by atoms with Crippen LogP contribution in [-0.2, 0) is 19.3 Å². The highest BCUT2D eigenvalue weighted by Crippen LogP contribution is 2.37. The SMILES string of the molecule is COc1ncc(B2OC(C)(C)C(C)(C)O2)cc1NS(=O)(=O)C1CCCCC1. The Bertz CT molecular complexity index is 775. The number of aromatic nitrogens is 1. The van der Waals surface area contributed by atoms with E-state index in [1.807, 2.05) is 27.7 Å². The molecule has 1 aromatic heterocycles. The van der Waals surface area contributed by atoms with Crippen LogP contribution in [-0.4, -0.2) is 44.1 Å². The third-order valence-electron chi connectivity index (χ3n) is 5.83. The van der Waals surface area contributed by atoms with Gasteiger partial charge in [-0.1, -0.05) is 19.3 Å². The Morgan fingerprint density at radius 1 is 1.15 bits per heavy atom. The van der Waals surface area contributed by atoms with Crippen molar-refractivity contribution in [3.8, 4) is 5.88 Å². The first-order valence-electron chi connectivity index (χ1n) is 9.47. The van der Waals surface area contributed by atoms with Crippen LogP contribution in [0.1, 0.15) is 59.8 Å². The Morgan fingerprint density at radius 2 is 1.74 bits per heavy atom. The molecule has 0 aromatic carbocycles. The van der Waals surface area contributed by atoms with E-state index >= 15 is 0 Å². The van der Waals surface area contributed by atoms with Gasteiger partial charge in [-0.3, -0.25) is 4.72 Å². The smallest absolute Gasteiger partial charge is 0.480 e. The number of hydrogen-bond donors (Lipinski definition) is 1. The molecule has 0 atom stereocenters. The molecule has 1 aliphatic heterocycles. The normalized spacial score (nSPS) is 22.6. The third-order valence-corrected chi connectivity index (χ3v) is 7.69. The Kier molecular flexibility index (Phi) is 5.49. The van der Waals surface area contributed by atoms with Crippen LogP contribution in [0, 0.1) is 0 Å². The molecule has 0 radical (unpaired) electrons. The summed E-state index contributed by atoms with van der Waals surface area (Å²) in [5.74, 6) is 0.231. The fourth-order valence-electron chi connectivity index (χ4n) is 3.42. The minimum atomic E-state index is -3.51. The number of rotatable bonds is 5. The Balaban J connectivity index is 1.86. The molecule has 9 heteroatoms. The lowest BCUT2D eigenvalue weighted by Crippen LogP contribution is -2.41. The number of methoxy groups -OCH3 is 1. The number of pyridine rings is 1. The van der Waals surface area contributed by atoms with Crippen LogP contribution < -0.4 is 14.9 Å². The molecule has 2 aliphatic rings. The predicted octanol–water partition coefficient (Wildman–Crippen LogP) is 2.46. The van der Waals surface area contributed by atoms with Crippen molar-refractivity contribution in [1.82, 2.24) is 4.98 Å². The van der Waals surface area contributed by atoms with Crippen LogP contribution in [0.15, 0.2) is 12.3 Å². The van der Waals surface area contributed by atoms with Gasteiger partial charge < -0.3 is 14.0 Å². The molecule has 0 spiro atoms. The van der Waals surface area contributed by atoms with E-state index in [1.54, 1.807) is 12.3 Å². The van der Waals surface area contributed by atoms with Crippen molar-refractivity contribution in [2.75, 3.05) is 11.8 Å². The van der Waals surface area contributed by atoms with Crippen molar-refractivity contribution in [3.63, 3.8) is 0 Å². The summed E-state index contributed by atoms with van der Waals surface area (Å²) >= 11 is 0. The number of ether oxygens (including phenoxy) is 1. The van der Waals surface area contributed by atoms with E-state index in [0.717, 1.165) is 19.3 Å². The minimum absolute atomic E-state index is 0.231. The Hall–Kier alpha value is -1.32. The van der Waals surface area contributed by atoms with E-state index in [-0.39, 0.29) is 11.1 Å². The van der Waals surface area contributed by atoms with Gasteiger partial charge in [-0.25, -0.2) is 13.4 Å². The fourth-order valence-corrected chi connectivity index (χ4v) is 5.00. The minimum Gasteiger partial charge on any atom is -0.480 e. The zero-order chi connectivity index (χ0) is 19.9. The summed E-state index contributed by atoms with van der Waals surface area (Å²) in [6.45, 7) is 7.88. The van der Waals surface area contributed by atoms with Gasteiger partial charge in [0, 0.05) is 11.7 Å². The third kappa shape index (κ3) is 4.10. The van der Waals surface area contributed by atoms with Gasteiger partial charge in [0.15, 0.2) is 0 Å². The number of anilines is 1. The quantitative estimate of drug-likeness (QED) is 0.770. The first-order valence-corrected chi connectivity index (χ1v) is 11.0. The van der Waals surface area contributed by atoms with Crippen molar-refractivity contribution in [1.29, 1.82) is 0 Å². The molecule has 1 saturated heterocycles. The van der Waals surface area contributed by atoms with Gasteiger partial charge in [0.1, 0.15) is 5.69 Å². The second-order valence-electron chi connectivity index (χ2n) is 8.32. The molecule has 1 saturated carbocycles. The molecule has 2 heterocycles. The molecule has 27 heavy (non-hydrogen) atoms. The number of sulfonamides is 1. The molecular formula is C18H29BN2O5S. The Morgan fingerprint density at radius 3 is 2.30 bits per heavy atom. The maximum Gasteiger partial charge on any atom is 0.496 e. The average molecular weight is 396 g/mol. The van der Waals surface area contributed by atoms with Crippen LogP contribution >= 0.6 is 0 Å². The van der Waals surface area contributed by atoms with Crippen LogP contribution in [0.2, 0.25) is 0 Å².